The molecule has 0 radical (unpaired) electrons. The molecule has 1 aromatic carbocycles. The number of likely N-dealkylation sites (tertiary alicyclic amines) is 1. The second kappa shape index (κ2) is 5.68. The molecule has 2 aromatic rings. The number of nitrogens with one attached hydrogen (secondary N) is 1. The average Bonchev–Trinajstić information content (AvgIpc) is 2.90. The summed E-state index contributed by atoms with van der Waals surface area (Å²) in [5.41, 5.74) is 5.79. The van der Waals surface area contributed by atoms with Crippen LogP contribution in [-0.4, -0.2) is 46.7 Å². The first-order valence-electron chi connectivity index (χ1n) is 7.36. The molecule has 3 rings (SSSR count). The highest BCUT2D eigenvalue weighted by atomic mass is 16.5. The third-order valence-corrected chi connectivity index (χ3v) is 4.33. The van der Waals surface area contributed by atoms with Crippen molar-refractivity contribution < 1.29 is 14.6 Å². The Balaban J connectivity index is 1.87. The van der Waals surface area contributed by atoms with E-state index in [9.17, 15) is 14.7 Å². The number of methoxy groups -OCH3 is 1. The highest BCUT2D eigenvalue weighted by Crippen LogP contribution is 2.22. The van der Waals surface area contributed by atoms with Crippen LogP contribution in [0.2, 0.25) is 0 Å². The number of H-pyrrole nitrogens is 1. The van der Waals surface area contributed by atoms with Crippen molar-refractivity contribution in [2.45, 2.75) is 18.5 Å². The maximum atomic E-state index is 12.2. The van der Waals surface area contributed by atoms with Crippen LogP contribution in [0, 0.1) is 0 Å². The van der Waals surface area contributed by atoms with Crippen LogP contribution in [0.5, 0.6) is 5.75 Å². The molecular weight excluding hydrogens is 298 g/mol. The van der Waals surface area contributed by atoms with Gasteiger partial charge < -0.3 is 20.6 Å². The molecule has 122 valence electrons. The van der Waals surface area contributed by atoms with Crippen LogP contribution in [0.25, 0.3) is 10.9 Å². The molecule has 0 aliphatic carbocycles. The van der Waals surface area contributed by atoms with Crippen LogP contribution in [0.1, 0.15) is 12.0 Å². The first-order valence-corrected chi connectivity index (χ1v) is 7.36. The number of carboxylic acid groups (broad SMARTS) is 1. The van der Waals surface area contributed by atoms with Gasteiger partial charge in [-0.15, -0.1) is 0 Å². The van der Waals surface area contributed by atoms with E-state index in [0.717, 1.165) is 10.9 Å². The molecule has 0 bridgehead atoms. The quantitative estimate of drug-likeness (QED) is 0.759. The predicted molar refractivity (Wildman–Crippen MR) is 85.6 cm³/mol. The maximum absolute atomic E-state index is 12.2. The molecule has 1 saturated heterocycles. The monoisotopic (exact) mass is 317 g/mol. The largest absolute Gasteiger partial charge is 0.497 e. The van der Waals surface area contributed by atoms with E-state index in [-0.39, 0.29) is 12.1 Å². The van der Waals surface area contributed by atoms with Crippen LogP contribution in [0.3, 0.4) is 0 Å². The van der Waals surface area contributed by atoms with Crippen molar-refractivity contribution in [2.75, 3.05) is 20.2 Å². The second-order valence-electron chi connectivity index (χ2n) is 6.00. The van der Waals surface area contributed by atoms with Gasteiger partial charge in [0.15, 0.2) is 0 Å². The highest BCUT2D eigenvalue weighted by molar-refractivity contribution is 5.80. The van der Waals surface area contributed by atoms with Gasteiger partial charge >= 0.3 is 5.97 Å². The zero-order valence-electron chi connectivity index (χ0n) is 12.8. The Hall–Kier alpha value is -2.38. The summed E-state index contributed by atoms with van der Waals surface area (Å²) in [4.78, 5) is 28.1. The number of hydrogen-bond acceptors (Lipinski definition) is 5. The molecule has 1 fully saturated rings. The molecule has 1 aliphatic heterocycles. The number of benzene rings is 1. The number of aliphatic carboxylic acids is 1. The standard InChI is InChI=1S/C16H19N3O4/c1-23-12-2-3-13-10(7-12)6-11(14(20)18-13)8-19-5-4-16(17,9-19)15(21)22/h2-3,6-7H,4-5,8-9,17H2,1H3,(H,18,20)(H,21,22)/t16-/m0/s1. The smallest absolute Gasteiger partial charge is 0.325 e. The van der Waals surface area contributed by atoms with E-state index in [1.165, 1.54) is 0 Å². The van der Waals surface area contributed by atoms with E-state index in [0.29, 0.717) is 30.8 Å². The van der Waals surface area contributed by atoms with Gasteiger partial charge in [0.05, 0.1) is 7.11 Å². The summed E-state index contributed by atoms with van der Waals surface area (Å²) in [6.07, 6.45) is 0.377. The number of aromatic nitrogens is 1. The van der Waals surface area contributed by atoms with Crippen molar-refractivity contribution in [2.24, 2.45) is 5.73 Å². The lowest BCUT2D eigenvalue weighted by Gasteiger charge is -2.19. The summed E-state index contributed by atoms with van der Waals surface area (Å²) in [5.74, 6) is -0.291. The molecule has 7 nitrogen and oxygen atoms in total. The third-order valence-electron chi connectivity index (χ3n) is 4.33. The number of rotatable bonds is 4. The van der Waals surface area contributed by atoms with Crippen LogP contribution in [0.15, 0.2) is 29.1 Å². The number of fused-ring (bicyclic) bond motifs is 1. The fourth-order valence-electron chi connectivity index (χ4n) is 2.94. The van der Waals surface area contributed by atoms with Crippen molar-refractivity contribution >= 4 is 16.9 Å². The topological polar surface area (TPSA) is 109 Å². The maximum Gasteiger partial charge on any atom is 0.325 e. The number of carboxylic acids is 1. The molecule has 23 heavy (non-hydrogen) atoms. The number of nitrogens with two attached hydrogens (primary N) is 1. The lowest BCUT2D eigenvalue weighted by Crippen LogP contribution is -2.50. The van der Waals surface area contributed by atoms with E-state index >= 15 is 0 Å². The Morgan fingerprint density at radius 1 is 1.48 bits per heavy atom. The summed E-state index contributed by atoms with van der Waals surface area (Å²) in [6, 6.07) is 7.25. The molecule has 1 atom stereocenters. The predicted octanol–water partition coefficient (Wildman–Crippen LogP) is 0.525. The van der Waals surface area contributed by atoms with E-state index in [1.807, 2.05) is 17.0 Å². The molecule has 0 saturated carbocycles. The molecule has 0 unspecified atom stereocenters. The summed E-state index contributed by atoms with van der Waals surface area (Å²) in [7, 11) is 1.59. The summed E-state index contributed by atoms with van der Waals surface area (Å²) in [5, 5.41) is 10.0. The molecule has 0 amide bonds. The van der Waals surface area contributed by atoms with Gasteiger partial charge in [0.2, 0.25) is 0 Å². The molecular formula is C16H19N3O4. The highest BCUT2D eigenvalue weighted by Gasteiger charge is 2.41. The summed E-state index contributed by atoms with van der Waals surface area (Å²) < 4.78 is 5.20. The number of hydrogen-bond donors (Lipinski definition) is 3. The Morgan fingerprint density at radius 3 is 2.91 bits per heavy atom. The van der Waals surface area contributed by atoms with Crippen molar-refractivity contribution in [3.63, 3.8) is 0 Å². The van der Waals surface area contributed by atoms with Crippen LogP contribution in [-0.2, 0) is 11.3 Å². The SMILES string of the molecule is COc1ccc2[nH]c(=O)c(CN3CC[C@@](N)(C(=O)O)C3)cc2c1. The van der Waals surface area contributed by atoms with Crippen molar-refractivity contribution in [1.29, 1.82) is 0 Å². The Bertz CT molecular complexity index is 817. The zero-order valence-corrected chi connectivity index (χ0v) is 12.8. The number of carbonyl (C=O) groups is 1. The lowest BCUT2D eigenvalue weighted by atomic mass is 10.0. The van der Waals surface area contributed by atoms with Crippen LogP contribution in [0.4, 0.5) is 0 Å². The fraction of sp³-hybridized carbons (Fsp3) is 0.375. The number of ether oxygens (including phenoxy) is 1. The van der Waals surface area contributed by atoms with Crippen molar-refractivity contribution in [1.82, 2.24) is 9.88 Å². The average molecular weight is 317 g/mol. The minimum atomic E-state index is -1.23. The number of aromatic amines is 1. The van der Waals surface area contributed by atoms with E-state index < -0.39 is 11.5 Å². The molecule has 0 spiro atoms. The molecule has 1 aliphatic rings. The first-order chi connectivity index (χ1) is 10.9. The van der Waals surface area contributed by atoms with Gasteiger partial charge in [-0.2, -0.15) is 0 Å². The molecule has 4 N–H and O–H groups in total. The van der Waals surface area contributed by atoms with E-state index in [4.69, 9.17) is 10.5 Å². The zero-order chi connectivity index (χ0) is 16.6. The van der Waals surface area contributed by atoms with Crippen molar-refractivity contribution in [3.8, 4) is 5.75 Å². The lowest BCUT2D eigenvalue weighted by molar-refractivity contribution is -0.142. The van der Waals surface area contributed by atoms with Crippen LogP contribution >= 0.6 is 0 Å². The van der Waals surface area contributed by atoms with Gasteiger partial charge in [-0.3, -0.25) is 14.5 Å². The first kappa shape index (κ1) is 15.5. The Kier molecular flexibility index (Phi) is 3.83. The summed E-state index contributed by atoms with van der Waals surface area (Å²) >= 11 is 0. The Morgan fingerprint density at radius 2 is 2.26 bits per heavy atom. The van der Waals surface area contributed by atoms with Gasteiger partial charge in [0.1, 0.15) is 11.3 Å². The van der Waals surface area contributed by atoms with Gasteiger partial charge in [0.25, 0.3) is 5.56 Å². The molecule has 2 heterocycles. The second-order valence-corrected chi connectivity index (χ2v) is 6.00. The van der Waals surface area contributed by atoms with Crippen molar-refractivity contribution in [3.05, 3.63) is 40.2 Å². The van der Waals surface area contributed by atoms with E-state index in [1.54, 1.807) is 19.2 Å². The third kappa shape index (κ3) is 2.93. The normalized spacial score (nSPS) is 21.7. The van der Waals surface area contributed by atoms with Gasteiger partial charge in [-0.05, 0) is 30.7 Å². The summed E-state index contributed by atoms with van der Waals surface area (Å²) in [6.45, 7) is 1.16. The van der Waals surface area contributed by atoms with Crippen LogP contribution < -0.4 is 16.0 Å². The number of pyridine rings is 1. The minimum absolute atomic E-state index is 0.174. The van der Waals surface area contributed by atoms with Gasteiger partial charge in [0, 0.05) is 36.1 Å². The Labute approximate surface area is 132 Å². The number of nitrogens with zero attached hydrogens (tertiary/aromatic N) is 1. The minimum Gasteiger partial charge on any atom is -0.497 e. The van der Waals surface area contributed by atoms with E-state index in [2.05, 4.69) is 4.98 Å². The fourth-order valence-corrected chi connectivity index (χ4v) is 2.94. The van der Waals surface area contributed by atoms with Gasteiger partial charge in [-0.1, -0.05) is 0 Å². The molecule has 7 heteroatoms. The van der Waals surface area contributed by atoms with Gasteiger partial charge in [-0.25, -0.2) is 0 Å². The molecule has 1 aromatic heterocycles.